The van der Waals surface area contributed by atoms with Gasteiger partial charge in [-0.3, -0.25) is 14.5 Å². The summed E-state index contributed by atoms with van der Waals surface area (Å²) >= 11 is 0. The average molecular weight is 386 g/mol. The van der Waals surface area contributed by atoms with Crippen LogP contribution in [-0.2, 0) is 12.6 Å². The highest BCUT2D eigenvalue weighted by Crippen LogP contribution is 2.27. The fraction of sp³-hybridized carbons (Fsp3) is 0.421. The van der Waals surface area contributed by atoms with Gasteiger partial charge >= 0.3 is 0 Å². The molecule has 0 bridgehead atoms. The highest BCUT2D eigenvalue weighted by molar-refractivity contribution is 5.74. The van der Waals surface area contributed by atoms with Crippen molar-refractivity contribution in [1.82, 2.24) is 19.7 Å². The number of anilines is 2. The topological polar surface area (TPSA) is 90.3 Å². The smallest absolute Gasteiger partial charge is 0.263 e. The zero-order valence-corrected chi connectivity index (χ0v) is 16.1. The van der Waals surface area contributed by atoms with Gasteiger partial charge < -0.3 is 14.9 Å². The molecule has 3 heterocycles. The van der Waals surface area contributed by atoms with E-state index in [2.05, 4.69) is 15.1 Å². The van der Waals surface area contributed by atoms with Gasteiger partial charge in [-0.05, 0) is 31.5 Å². The summed E-state index contributed by atoms with van der Waals surface area (Å²) in [7, 11) is 1.75. The summed E-state index contributed by atoms with van der Waals surface area (Å²) in [6, 6.07) is 4.84. The lowest BCUT2D eigenvalue weighted by Crippen LogP contribution is -2.47. The van der Waals surface area contributed by atoms with E-state index in [4.69, 9.17) is 0 Å². The van der Waals surface area contributed by atoms with Crippen LogP contribution in [-0.4, -0.2) is 51.0 Å². The van der Waals surface area contributed by atoms with Gasteiger partial charge in [0.2, 0.25) is 5.95 Å². The van der Waals surface area contributed by atoms with Gasteiger partial charge in [-0.25, -0.2) is 4.39 Å². The molecule has 9 heteroatoms. The third-order valence-corrected chi connectivity index (χ3v) is 5.16. The van der Waals surface area contributed by atoms with Crippen LogP contribution in [0.4, 0.5) is 16.0 Å². The maximum Gasteiger partial charge on any atom is 0.263 e. The van der Waals surface area contributed by atoms with Crippen LogP contribution in [0.15, 0.2) is 29.2 Å². The van der Waals surface area contributed by atoms with Crippen molar-refractivity contribution < 1.29 is 9.50 Å². The molecule has 1 fully saturated rings. The molecule has 0 radical (unpaired) electrons. The number of nitrogens with one attached hydrogen (secondary N) is 1. The molecule has 148 valence electrons. The predicted octanol–water partition coefficient (Wildman–Crippen LogP) is 1.35. The summed E-state index contributed by atoms with van der Waals surface area (Å²) in [5.74, 6) is 0.148. The summed E-state index contributed by atoms with van der Waals surface area (Å²) in [4.78, 5) is 23.5. The molecule has 8 nitrogen and oxygen atoms in total. The Morgan fingerprint density at radius 1 is 1.18 bits per heavy atom. The zero-order chi connectivity index (χ0) is 20.1. The van der Waals surface area contributed by atoms with E-state index in [1.165, 1.54) is 12.3 Å². The number of hydrogen-bond donors (Lipinski definition) is 2. The quantitative estimate of drug-likeness (QED) is 0.706. The first-order chi connectivity index (χ1) is 13.2. The molecule has 2 N–H and O–H groups in total. The molecule has 0 saturated carbocycles. The Labute approximate surface area is 161 Å². The van der Waals surface area contributed by atoms with Crippen molar-refractivity contribution in [3.63, 3.8) is 0 Å². The molecular formula is C19H23FN6O2. The molecule has 3 aromatic rings. The van der Waals surface area contributed by atoms with Crippen LogP contribution < -0.4 is 15.4 Å². The Kier molecular flexibility index (Phi) is 4.34. The number of nitrogens with zero attached hydrogens (tertiary/aromatic N) is 5. The summed E-state index contributed by atoms with van der Waals surface area (Å²) in [6.45, 7) is 5.63. The molecule has 0 aliphatic carbocycles. The molecule has 1 aliphatic heterocycles. The highest BCUT2D eigenvalue weighted by Gasteiger charge is 2.24. The Balaban J connectivity index is 1.52. The molecule has 1 saturated heterocycles. The van der Waals surface area contributed by atoms with Crippen molar-refractivity contribution in [3.8, 4) is 0 Å². The van der Waals surface area contributed by atoms with Gasteiger partial charge in [0.1, 0.15) is 11.2 Å². The van der Waals surface area contributed by atoms with Crippen molar-refractivity contribution in [2.24, 2.45) is 7.05 Å². The number of hydrogen-bond acceptors (Lipinski definition) is 6. The number of aliphatic hydroxyl groups is 1. The Hall–Kier alpha value is -2.94. The van der Waals surface area contributed by atoms with E-state index in [0.29, 0.717) is 54.4 Å². The second-order valence-corrected chi connectivity index (χ2v) is 7.59. The minimum Gasteiger partial charge on any atom is -0.386 e. The van der Waals surface area contributed by atoms with Crippen molar-refractivity contribution in [2.75, 3.05) is 36.0 Å². The predicted molar refractivity (Wildman–Crippen MR) is 105 cm³/mol. The molecule has 1 aliphatic rings. The van der Waals surface area contributed by atoms with Crippen LogP contribution in [0.3, 0.4) is 0 Å². The lowest BCUT2D eigenvalue weighted by molar-refractivity contribution is 0.0782. The minimum absolute atomic E-state index is 0.219. The molecule has 4 rings (SSSR count). The van der Waals surface area contributed by atoms with Gasteiger partial charge in [-0.1, -0.05) is 6.07 Å². The number of benzene rings is 1. The Bertz CT molecular complexity index is 1080. The lowest BCUT2D eigenvalue weighted by atomic mass is 9.98. The zero-order valence-electron chi connectivity index (χ0n) is 16.1. The van der Waals surface area contributed by atoms with Crippen LogP contribution in [0.1, 0.15) is 19.4 Å². The summed E-state index contributed by atoms with van der Waals surface area (Å²) in [5.41, 5.74) is 0.285. The van der Waals surface area contributed by atoms with Crippen molar-refractivity contribution in [2.45, 2.75) is 19.4 Å². The first-order valence-electron chi connectivity index (χ1n) is 9.18. The monoisotopic (exact) mass is 386 g/mol. The number of aromatic nitrogens is 4. The first-order valence-corrected chi connectivity index (χ1v) is 9.18. The minimum atomic E-state index is -1.08. The lowest BCUT2D eigenvalue weighted by Gasteiger charge is -2.36. The second-order valence-electron chi connectivity index (χ2n) is 7.59. The van der Waals surface area contributed by atoms with Crippen LogP contribution in [0.5, 0.6) is 0 Å². The van der Waals surface area contributed by atoms with Crippen LogP contribution >= 0.6 is 0 Å². The summed E-state index contributed by atoms with van der Waals surface area (Å²) in [5, 5.41) is 14.6. The standard InChI is InChI=1S/C19H23FN6O2/c1-19(2,28)12-4-5-15(14(20)10-12)25-6-8-26(9-7-25)18-22-16-13(17(27)23-18)11-21-24(16)3/h4-5,10-11,28H,6-9H2,1-3H3,(H,22,23,27). The van der Waals surface area contributed by atoms with Crippen LogP contribution in [0.25, 0.3) is 11.0 Å². The van der Waals surface area contributed by atoms with E-state index in [1.807, 2.05) is 9.80 Å². The molecule has 2 aromatic heterocycles. The molecule has 1 aromatic carbocycles. The van der Waals surface area contributed by atoms with Crippen LogP contribution in [0, 0.1) is 5.82 Å². The van der Waals surface area contributed by atoms with Gasteiger partial charge in [0.25, 0.3) is 5.56 Å². The molecule has 28 heavy (non-hydrogen) atoms. The SMILES string of the molecule is Cn1ncc2c(=O)[nH]c(N3CCN(c4ccc(C(C)(C)O)cc4F)CC3)nc21. The summed E-state index contributed by atoms with van der Waals surface area (Å²) in [6.07, 6.45) is 1.50. The fourth-order valence-electron chi connectivity index (χ4n) is 3.47. The number of halogens is 1. The van der Waals surface area contributed by atoms with E-state index in [0.717, 1.165) is 0 Å². The van der Waals surface area contributed by atoms with E-state index >= 15 is 0 Å². The van der Waals surface area contributed by atoms with Gasteiger partial charge in [0.05, 0.1) is 17.5 Å². The summed E-state index contributed by atoms with van der Waals surface area (Å²) < 4.78 is 16.2. The van der Waals surface area contributed by atoms with Crippen LogP contribution in [0.2, 0.25) is 0 Å². The van der Waals surface area contributed by atoms with Crippen molar-refractivity contribution in [1.29, 1.82) is 0 Å². The first kappa shape index (κ1) is 18.4. The molecular weight excluding hydrogens is 363 g/mol. The number of fused-ring (bicyclic) bond motifs is 1. The molecule has 0 atom stereocenters. The van der Waals surface area contributed by atoms with E-state index in [-0.39, 0.29) is 11.4 Å². The molecule has 0 amide bonds. The second kappa shape index (κ2) is 6.59. The van der Waals surface area contributed by atoms with E-state index in [1.54, 1.807) is 37.7 Å². The van der Waals surface area contributed by atoms with Crippen molar-refractivity contribution >= 4 is 22.7 Å². The number of H-pyrrole nitrogens is 1. The van der Waals surface area contributed by atoms with Gasteiger partial charge in [0.15, 0.2) is 5.65 Å². The van der Waals surface area contributed by atoms with Gasteiger partial charge in [-0.2, -0.15) is 10.1 Å². The van der Waals surface area contributed by atoms with Gasteiger partial charge in [-0.15, -0.1) is 0 Å². The number of piperazine rings is 1. The largest absolute Gasteiger partial charge is 0.386 e. The molecule has 0 unspecified atom stereocenters. The maximum absolute atomic E-state index is 14.6. The number of aryl methyl sites for hydroxylation is 1. The van der Waals surface area contributed by atoms with Crippen molar-refractivity contribution in [3.05, 3.63) is 46.1 Å². The van der Waals surface area contributed by atoms with E-state index < -0.39 is 5.60 Å². The Morgan fingerprint density at radius 3 is 2.50 bits per heavy atom. The average Bonchev–Trinajstić information content (AvgIpc) is 3.03. The maximum atomic E-state index is 14.6. The molecule has 0 spiro atoms. The fourth-order valence-corrected chi connectivity index (χ4v) is 3.47. The third kappa shape index (κ3) is 3.22. The van der Waals surface area contributed by atoms with E-state index in [9.17, 15) is 14.3 Å². The number of aromatic amines is 1. The normalized spacial score (nSPS) is 15.5. The Morgan fingerprint density at radius 2 is 1.86 bits per heavy atom. The van der Waals surface area contributed by atoms with Gasteiger partial charge in [0, 0.05) is 33.2 Å². The third-order valence-electron chi connectivity index (χ3n) is 5.16. The highest BCUT2D eigenvalue weighted by atomic mass is 19.1. The number of rotatable bonds is 3.